The summed E-state index contributed by atoms with van der Waals surface area (Å²) in [7, 11) is 0. The van der Waals surface area contributed by atoms with E-state index in [1.165, 1.54) is 5.56 Å². The van der Waals surface area contributed by atoms with Crippen molar-refractivity contribution in [3.8, 4) is 0 Å². The molecule has 1 aromatic carbocycles. The molecule has 1 aromatic rings. The van der Waals surface area contributed by atoms with Gasteiger partial charge in [-0.15, -0.1) is 0 Å². The fraction of sp³-hybridized carbons (Fsp3) is 0. The molecule has 0 aliphatic heterocycles. The minimum absolute atomic E-state index is 0.395. The topological polar surface area (TPSA) is 17.1 Å². The average Bonchev–Trinajstić information content (AvgIpc) is 1.91. The molecule has 1 aliphatic carbocycles. The SMILES string of the molecule is O=C(Cl)c1ccc2c(c1)C=C2. The number of hydrogen-bond donors (Lipinski definition) is 0. The molecular formula is C9H5ClO. The lowest BCUT2D eigenvalue weighted by atomic mass is 9.96. The summed E-state index contributed by atoms with van der Waals surface area (Å²) in [5, 5.41) is -0.395. The number of carbonyl (C=O) groups excluding carboxylic acids is 1. The van der Waals surface area contributed by atoms with Gasteiger partial charge < -0.3 is 0 Å². The highest BCUT2D eigenvalue weighted by molar-refractivity contribution is 6.67. The minimum atomic E-state index is -0.395. The molecule has 0 saturated heterocycles. The molecule has 0 bridgehead atoms. The molecule has 0 radical (unpaired) electrons. The van der Waals surface area contributed by atoms with Crippen molar-refractivity contribution >= 4 is 29.0 Å². The van der Waals surface area contributed by atoms with Gasteiger partial charge in [0.2, 0.25) is 0 Å². The molecule has 0 N–H and O–H groups in total. The van der Waals surface area contributed by atoms with Crippen molar-refractivity contribution in [2.24, 2.45) is 0 Å². The van der Waals surface area contributed by atoms with E-state index in [1.54, 1.807) is 12.1 Å². The molecule has 0 spiro atoms. The predicted octanol–water partition coefficient (Wildman–Crippen LogP) is 2.55. The summed E-state index contributed by atoms with van der Waals surface area (Å²) in [6, 6.07) is 5.42. The van der Waals surface area contributed by atoms with Crippen LogP contribution in [0.1, 0.15) is 21.5 Å². The van der Waals surface area contributed by atoms with Gasteiger partial charge in [-0.2, -0.15) is 0 Å². The van der Waals surface area contributed by atoms with E-state index in [0.29, 0.717) is 5.56 Å². The lowest BCUT2D eigenvalue weighted by Gasteiger charge is -2.09. The fourth-order valence-electron chi connectivity index (χ4n) is 1.08. The lowest BCUT2D eigenvalue weighted by Crippen LogP contribution is -1.94. The second-order valence-corrected chi connectivity index (χ2v) is 2.79. The third-order valence-electron chi connectivity index (χ3n) is 1.76. The standard InChI is InChI=1S/C9H5ClO/c10-9(11)8-4-2-6-1-3-7(6)5-8/h1-5H. The smallest absolute Gasteiger partial charge is 0.252 e. The van der Waals surface area contributed by atoms with Crippen molar-refractivity contribution in [3.63, 3.8) is 0 Å². The van der Waals surface area contributed by atoms with Crippen LogP contribution in [0.2, 0.25) is 0 Å². The molecule has 0 atom stereocenters. The van der Waals surface area contributed by atoms with Gasteiger partial charge in [0.1, 0.15) is 0 Å². The number of carbonyl (C=O) groups is 1. The molecule has 11 heavy (non-hydrogen) atoms. The van der Waals surface area contributed by atoms with Crippen molar-refractivity contribution in [1.29, 1.82) is 0 Å². The summed E-state index contributed by atoms with van der Waals surface area (Å²) in [6.07, 6.45) is 3.95. The Bertz CT molecular complexity index is 353. The number of benzene rings is 1. The van der Waals surface area contributed by atoms with Crippen LogP contribution in [0.4, 0.5) is 0 Å². The van der Waals surface area contributed by atoms with Gasteiger partial charge in [0.15, 0.2) is 0 Å². The highest BCUT2D eigenvalue weighted by atomic mass is 35.5. The zero-order valence-electron chi connectivity index (χ0n) is 5.67. The summed E-state index contributed by atoms with van der Waals surface area (Å²) < 4.78 is 0. The molecule has 1 nitrogen and oxygen atoms in total. The number of halogens is 1. The van der Waals surface area contributed by atoms with Crippen molar-refractivity contribution in [2.45, 2.75) is 0 Å². The highest BCUT2D eigenvalue weighted by Crippen LogP contribution is 2.24. The Morgan fingerprint density at radius 2 is 1.91 bits per heavy atom. The quantitative estimate of drug-likeness (QED) is 0.592. The molecule has 54 valence electrons. The fourth-order valence-corrected chi connectivity index (χ4v) is 1.19. The van der Waals surface area contributed by atoms with Crippen LogP contribution in [-0.4, -0.2) is 5.24 Å². The minimum Gasteiger partial charge on any atom is -0.276 e. The number of fused-ring (bicyclic) bond motifs is 1. The zero-order valence-corrected chi connectivity index (χ0v) is 6.43. The summed E-state index contributed by atoms with van der Waals surface area (Å²) in [5.41, 5.74) is 2.83. The monoisotopic (exact) mass is 164 g/mol. The molecule has 1 aliphatic rings. The lowest BCUT2D eigenvalue weighted by molar-refractivity contribution is 0.108. The Hall–Kier alpha value is -1.08. The number of hydrogen-bond acceptors (Lipinski definition) is 1. The van der Waals surface area contributed by atoms with Gasteiger partial charge in [0.05, 0.1) is 0 Å². The third kappa shape index (κ3) is 0.976. The van der Waals surface area contributed by atoms with E-state index < -0.39 is 5.24 Å². The van der Waals surface area contributed by atoms with Gasteiger partial charge in [-0.1, -0.05) is 18.2 Å². The predicted molar refractivity (Wildman–Crippen MR) is 45.6 cm³/mol. The van der Waals surface area contributed by atoms with Crippen LogP contribution in [-0.2, 0) is 0 Å². The summed E-state index contributed by atoms with van der Waals surface area (Å²) >= 11 is 5.29. The van der Waals surface area contributed by atoms with E-state index >= 15 is 0 Å². The maximum absolute atomic E-state index is 10.7. The summed E-state index contributed by atoms with van der Waals surface area (Å²) in [6.45, 7) is 0. The Labute approximate surface area is 69.3 Å². The normalized spacial score (nSPS) is 12.1. The van der Waals surface area contributed by atoms with Crippen LogP contribution in [0.5, 0.6) is 0 Å². The Morgan fingerprint density at radius 3 is 2.36 bits per heavy atom. The molecule has 0 aromatic heterocycles. The first-order chi connectivity index (χ1) is 5.27. The van der Waals surface area contributed by atoms with Crippen LogP contribution < -0.4 is 0 Å². The molecular weight excluding hydrogens is 160 g/mol. The second kappa shape index (κ2) is 2.21. The van der Waals surface area contributed by atoms with Gasteiger partial charge in [-0.25, -0.2) is 0 Å². The van der Waals surface area contributed by atoms with Gasteiger partial charge >= 0.3 is 0 Å². The second-order valence-electron chi connectivity index (χ2n) is 2.45. The average molecular weight is 165 g/mol. The molecule has 0 saturated carbocycles. The van der Waals surface area contributed by atoms with Crippen LogP contribution in [0.15, 0.2) is 18.2 Å². The van der Waals surface area contributed by atoms with E-state index in [-0.39, 0.29) is 0 Å². The number of rotatable bonds is 1. The zero-order chi connectivity index (χ0) is 7.84. The molecule has 0 amide bonds. The van der Waals surface area contributed by atoms with Gasteiger partial charge in [-0.05, 0) is 34.9 Å². The highest BCUT2D eigenvalue weighted by Gasteiger charge is 2.08. The van der Waals surface area contributed by atoms with Crippen molar-refractivity contribution < 1.29 is 4.79 Å². The maximum atomic E-state index is 10.7. The molecule has 0 heterocycles. The molecule has 0 unspecified atom stereocenters. The maximum Gasteiger partial charge on any atom is 0.252 e. The van der Waals surface area contributed by atoms with Gasteiger partial charge in [0.25, 0.3) is 5.24 Å². The van der Waals surface area contributed by atoms with Crippen LogP contribution in [0.3, 0.4) is 0 Å². The third-order valence-corrected chi connectivity index (χ3v) is 1.97. The summed E-state index contributed by atoms with van der Waals surface area (Å²) in [4.78, 5) is 10.7. The van der Waals surface area contributed by atoms with Gasteiger partial charge in [0, 0.05) is 5.56 Å². The van der Waals surface area contributed by atoms with Gasteiger partial charge in [-0.3, -0.25) is 4.79 Å². The largest absolute Gasteiger partial charge is 0.276 e. The Kier molecular flexibility index (Phi) is 1.33. The van der Waals surface area contributed by atoms with Crippen molar-refractivity contribution in [2.75, 3.05) is 0 Å². The van der Waals surface area contributed by atoms with Crippen LogP contribution >= 0.6 is 11.6 Å². The van der Waals surface area contributed by atoms with E-state index in [1.807, 2.05) is 18.2 Å². The van der Waals surface area contributed by atoms with Crippen LogP contribution in [0, 0.1) is 0 Å². The van der Waals surface area contributed by atoms with E-state index in [9.17, 15) is 4.79 Å². The van der Waals surface area contributed by atoms with E-state index in [4.69, 9.17) is 11.6 Å². The first-order valence-corrected chi connectivity index (χ1v) is 3.67. The van der Waals surface area contributed by atoms with Crippen LogP contribution in [0.25, 0.3) is 12.2 Å². The van der Waals surface area contributed by atoms with Crippen molar-refractivity contribution in [3.05, 3.63) is 34.9 Å². The Balaban J connectivity index is 2.50. The van der Waals surface area contributed by atoms with Crippen molar-refractivity contribution in [1.82, 2.24) is 0 Å². The summed E-state index contributed by atoms with van der Waals surface area (Å²) in [5.74, 6) is 0. The molecule has 0 fully saturated rings. The first kappa shape index (κ1) is 6.62. The first-order valence-electron chi connectivity index (χ1n) is 3.29. The Morgan fingerprint density at radius 1 is 1.18 bits per heavy atom. The molecule has 2 rings (SSSR count). The molecule has 2 heteroatoms. The van der Waals surface area contributed by atoms with E-state index in [2.05, 4.69) is 0 Å². The van der Waals surface area contributed by atoms with E-state index in [0.717, 1.165) is 5.56 Å².